The van der Waals surface area contributed by atoms with Crippen molar-refractivity contribution in [3.8, 4) is 11.1 Å². The summed E-state index contributed by atoms with van der Waals surface area (Å²) in [6.07, 6.45) is 0.548. The Kier molecular flexibility index (Phi) is 6.16. The summed E-state index contributed by atoms with van der Waals surface area (Å²) in [5, 5.41) is 0. The van der Waals surface area contributed by atoms with Gasteiger partial charge < -0.3 is 9.29 Å². The molecule has 148 valence electrons. The number of methoxy groups -OCH3 is 1. The number of hydrogen-bond acceptors (Lipinski definition) is 5. The number of nitrogens with zero attached hydrogens (tertiary/aromatic N) is 1. The molecule has 3 rings (SSSR count). The molecule has 3 aromatic rings. The molecule has 0 fully saturated rings. The molecule has 0 aliphatic heterocycles. The van der Waals surface area contributed by atoms with Crippen LogP contribution in [0.3, 0.4) is 0 Å². The number of aldehydes is 1. The molecule has 0 aromatic heterocycles. The van der Waals surface area contributed by atoms with E-state index in [9.17, 15) is 22.7 Å². The van der Waals surface area contributed by atoms with Crippen LogP contribution in [0.15, 0.2) is 66.7 Å². The largest absolute Gasteiger partial charge is 0.755 e. The fourth-order valence-corrected chi connectivity index (χ4v) is 3.43. The van der Waals surface area contributed by atoms with Gasteiger partial charge in [-0.2, -0.15) is 0 Å². The normalized spacial score (nSPS) is 11.6. The predicted molar refractivity (Wildman–Crippen MR) is 106 cm³/mol. The molecule has 0 radical (unpaired) electrons. The van der Waals surface area contributed by atoms with Crippen LogP contribution in [0.5, 0.6) is 0 Å². The van der Waals surface area contributed by atoms with E-state index in [0.29, 0.717) is 6.29 Å². The maximum Gasteiger partial charge on any atom is 0.340 e. The Morgan fingerprint density at radius 1 is 1.03 bits per heavy atom. The fraction of sp³-hybridized carbons (Fsp3) is 0.0476. The van der Waals surface area contributed by atoms with Crippen molar-refractivity contribution in [1.29, 1.82) is 0 Å². The molecule has 1 unspecified atom stereocenters. The third-order valence-corrected chi connectivity index (χ3v) is 4.91. The van der Waals surface area contributed by atoms with E-state index in [-0.39, 0.29) is 28.3 Å². The maximum absolute atomic E-state index is 13.1. The van der Waals surface area contributed by atoms with Crippen molar-refractivity contribution in [2.24, 2.45) is 0 Å². The van der Waals surface area contributed by atoms with Gasteiger partial charge in [0.2, 0.25) is 0 Å². The highest BCUT2D eigenvalue weighted by Crippen LogP contribution is 2.32. The number of rotatable bonds is 6. The van der Waals surface area contributed by atoms with Gasteiger partial charge in [0, 0.05) is 5.56 Å². The molecule has 0 aliphatic carbocycles. The minimum absolute atomic E-state index is 0.0466. The zero-order valence-electron chi connectivity index (χ0n) is 15.2. The Morgan fingerprint density at radius 3 is 2.14 bits per heavy atom. The van der Waals surface area contributed by atoms with E-state index in [1.807, 2.05) is 0 Å². The van der Waals surface area contributed by atoms with Gasteiger partial charge in [-0.15, -0.1) is 0 Å². The number of esters is 1. The smallest absolute Gasteiger partial charge is 0.340 e. The second-order valence-corrected chi connectivity index (χ2v) is 6.75. The van der Waals surface area contributed by atoms with Gasteiger partial charge in [-0.1, -0.05) is 24.3 Å². The first-order chi connectivity index (χ1) is 13.9. The lowest BCUT2D eigenvalue weighted by molar-refractivity contribution is 0.0601. The van der Waals surface area contributed by atoms with Crippen molar-refractivity contribution in [3.05, 3.63) is 83.7 Å². The van der Waals surface area contributed by atoms with E-state index in [1.54, 1.807) is 36.4 Å². The van der Waals surface area contributed by atoms with Gasteiger partial charge >= 0.3 is 5.97 Å². The summed E-state index contributed by atoms with van der Waals surface area (Å²) < 4.78 is 42.7. The fourth-order valence-electron chi connectivity index (χ4n) is 2.81. The molecular weight excluding hydrogens is 397 g/mol. The van der Waals surface area contributed by atoms with E-state index in [1.165, 1.54) is 30.3 Å². The Morgan fingerprint density at radius 2 is 1.62 bits per heavy atom. The van der Waals surface area contributed by atoms with Gasteiger partial charge in [0.1, 0.15) is 12.1 Å². The molecule has 6 nitrogen and oxygen atoms in total. The molecule has 0 saturated carbocycles. The van der Waals surface area contributed by atoms with Crippen molar-refractivity contribution in [2.75, 3.05) is 11.4 Å². The van der Waals surface area contributed by atoms with Crippen LogP contribution in [0, 0.1) is 5.82 Å². The zero-order chi connectivity index (χ0) is 21.0. The van der Waals surface area contributed by atoms with Crippen LogP contribution >= 0.6 is 0 Å². The van der Waals surface area contributed by atoms with Crippen molar-refractivity contribution < 1.29 is 27.5 Å². The number of anilines is 2. The first-order valence-corrected chi connectivity index (χ1v) is 9.41. The highest BCUT2D eigenvalue weighted by molar-refractivity contribution is 7.81. The Bertz CT molecular complexity index is 1070. The topological polar surface area (TPSA) is 86.7 Å². The second kappa shape index (κ2) is 8.76. The van der Waals surface area contributed by atoms with Crippen molar-refractivity contribution in [1.82, 2.24) is 0 Å². The third-order valence-electron chi connectivity index (χ3n) is 4.21. The van der Waals surface area contributed by atoms with E-state index < -0.39 is 17.2 Å². The van der Waals surface area contributed by atoms with Gasteiger partial charge in [0.05, 0.1) is 35.3 Å². The van der Waals surface area contributed by atoms with E-state index in [0.717, 1.165) is 22.5 Å². The minimum atomic E-state index is -2.76. The summed E-state index contributed by atoms with van der Waals surface area (Å²) in [5.41, 5.74) is 1.98. The first kappa shape index (κ1) is 20.4. The standard InChI is InChI=1S/C21H16FNO5S/c1-28-21(25)19-12-14(13-24)2-11-20(19)23(29(26)27)18-9-5-16(6-10-18)15-3-7-17(22)8-4-15/h2-13H,1H3,(H,26,27)/p-1. The van der Waals surface area contributed by atoms with Gasteiger partial charge in [-0.3, -0.25) is 13.3 Å². The van der Waals surface area contributed by atoms with Gasteiger partial charge in [0.25, 0.3) is 0 Å². The summed E-state index contributed by atoms with van der Waals surface area (Å²) in [6, 6.07) is 16.4. The van der Waals surface area contributed by atoms with Gasteiger partial charge in [-0.05, 0) is 53.6 Å². The highest BCUT2D eigenvalue weighted by Gasteiger charge is 2.20. The second-order valence-electron chi connectivity index (χ2n) is 5.95. The van der Waals surface area contributed by atoms with Crippen LogP contribution in [0.25, 0.3) is 11.1 Å². The Balaban J connectivity index is 2.05. The number of halogens is 1. The lowest BCUT2D eigenvalue weighted by Gasteiger charge is -2.28. The zero-order valence-corrected chi connectivity index (χ0v) is 16.0. The van der Waals surface area contributed by atoms with Crippen LogP contribution in [0.4, 0.5) is 15.8 Å². The van der Waals surface area contributed by atoms with E-state index in [2.05, 4.69) is 0 Å². The molecule has 0 heterocycles. The molecule has 3 aromatic carbocycles. The number of carbonyl (C=O) groups excluding carboxylic acids is 2. The number of benzene rings is 3. The predicted octanol–water partition coefficient (Wildman–Crippen LogP) is 4.02. The molecule has 8 heteroatoms. The summed E-state index contributed by atoms with van der Waals surface area (Å²) in [5.74, 6) is -1.13. The number of hydrogen-bond donors (Lipinski definition) is 0. The van der Waals surface area contributed by atoms with Crippen molar-refractivity contribution in [3.63, 3.8) is 0 Å². The molecule has 29 heavy (non-hydrogen) atoms. The summed E-state index contributed by atoms with van der Waals surface area (Å²) >= 11 is -2.76. The van der Waals surface area contributed by atoms with Crippen LogP contribution in [-0.2, 0) is 16.0 Å². The first-order valence-electron chi connectivity index (χ1n) is 8.37. The minimum Gasteiger partial charge on any atom is -0.755 e. The molecular formula is C21H15FNO5S-. The van der Waals surface area contributed by atoms with Crippen LogP contribution < -0.4 is 4.31 Å². The molecule has 0 N–H and O–H groups in total. The SMILES string of the molecule is COC(=O)c1cc(C=O)ccc1N(c1ccc(-c2ccc(F)cc2)cc1)S(=O)[O-]. The van der Waals surface area contributed by atoms with Crippen LogP contribution in [-0.4, -0.2) is 28.1 Å². The van der Waals surface area contributed by atoms with Crippen molar-refractivity contribution >= 4 is 34.9 Å². The molecule has 0 spiro atoms. The van der Waals surface area contributed by atoms with Gasteiger partial charge in [0.15, 0.2) is 0 Å². The molecule has 1 atom stereocenters. The highest BCUT2D eigenvalue weighted by atomic mass is 32.2. The average molecular weight is 412 g/mol. The third kappa shape index (κ3) is 4.39. The lowest BCUT2D eigenvalue weighted by atomic mass is 10.0. The molecule has 0 amide bonds. The summed E-state index contributed by atoms with van der Waals surface area (Å²) in [4.78, 5) is 23.2. The average Bonchev–Trinajstić information content (AvgIpc) is 2.74. The molecule has 0 saturated heterocycles. The van der Waals surface area contributed by atoms with Gasteiger partial charge in [-0.25, -0.2) is 9.18 Å². The van der Waals surface area contributed by atoms with E-state index >= 15 is 0 Å². The van der Waals surface area contributed by atoms with Crippen molar-refractivity contribution in [2.45, 2.75) is 0 Å². The summed E-state index contributed by atoms with van der Waals surface area (Å²) in [7, 11) is 1.16. The summed E-state index contributed by atoms with van der Waals surface area (Å²) in [6.45, 7) is 0. The number of carbonyl (C=O) groups is 2. The van der Waals surface area contributed by atoms with E-state index in [4.69, 9.17) is 4.74 Å². The molecule has 0 bridgehead atoms. The molecule has 0 aliphatic rings. The lowest BCUT2D eigenvalue weighted by Crippen LogP contribution is -2.22. The Labute approximate surface area is 169 Å². The number of ether oxygens (including phenoxy) is 1. The maximum atomic E-state index is 13.1. The quantitative estimate of drug-likeness (QED) is 0.347. The van der Waals surface area contributed by atoms with Crippen LogP contribution in [0.2, 0.25) is 0 Å². The van der Waals surface area contributed by atoms with Crippen LogP contribution in [0.1, 0.15) is 20.7 Å². The Hall–Kier alpha value is -3.36. The monoisotopic (exact) mass is 412 g/mol.